The molecule has 0 aliphatic carbocycles. The molecule has 0 aliphatic rings. The Morgan fingerprint density at radius 1 is 1.10 bits per heavy atom. The predicted octanol–water partition coefficient (Wildman–Crippen LogP) is 4.30. The van der Waals surface area contributed by atoms with Crippen LogP contribution in [0.25, 0.3) is 0 Å². The lowest BCUT2D eigenvalue weighted by Crippen LogP contribution is -2.07. The van der Waals surface area contributed by atoms with Crippen molar-refractivity contribution in [3.8, 4) is 11.5 Å². The van der Waals surface area contributed by atoms with Gasteiger partial charge in [0.25, 0.3) is 0 Å². The van der Waals surface area contributed by atoms with Crippen molar-refractivity contribution in [2.24, 2.45) is 0 Å². The number of hydrogen-bond acceptors (Lipinski definition) is 3. The molecule has 0 aliphatic heterocycles. The quantitative estimate of drug-likeness (QED) is 0.825. The summed E-state index contributed by atoms with van der Waals surface area (Å²) in [6.07, 6.45) is 0. The van der Waals surface area contributed by atoms with Crippen LogP contribution in [0.15, 0.2) is 48.5 Å². The maximum absolute atomic E-state index is 12.3. The van der Waals surface area contributed by atoms with Crippen molar-refractivity contribution < 1.29 is 18.3 Å². The Bertz CT molecular complexity index is 576. The molecule has 0 saturated heterocycles. The number of alkyl halides is 2. The third-order valence-electron chi connectivity index (χ3n) is 2.82. The molecular weight excluding hydrogens is 276 g/mol. The molecule has 0 radical (unpaired) electrons. The molecule has 2 rings (SSSR count). The highest BCUT2D eigenvalue weighted by Gasteiger charge is 2.08. The smallest absolute Gasteiger partial charge is 0.387 e. The summed E-state index contributed by atoms with van der Waals surface area (Å²) >= 11 is 0. The summed E-state index contributed by atoms with van der Waals surface area (Å²) in [6.45, 7) is 0.0674. The molecule has 2 aromatic rings. The lowest BCUT2D eigenvalue weighted by atomic mass is 10.2. The Hall–Kier alpha value is -2.30. The summed E-state index contributed by atoms with van der Waals surface area (Å²) < 4.78 is 34.6. The van der Waals surface area contributed by atoms with Crippen LogP contribution < -0.4 is 14.8 Å². The molecule has 0 atom stereocenters. The van der Waals surface area contributed by atoms with Crippen LogP contribution in [0.5, 0.6) is 11.5 Å². The third-order valence-corrected chi connectivity index (χ3v) is 2.82. The summed E-state index contributed by atoms with van der Waals surface area (Å²) in [5.74, 6) is 0.945. The largest absolute Gasteiger partial charge is 0.494 e. The average molecular weight is 293 g/mol. The van der Waals surface area contributed by atoms with E-state index in [0.29, 0.717) is 18.7 Å². The van der Waals surface area contributed by atoms with Gasteiger partial charge in [-0.3, -0.25) is 0 Å². The number of benzene rings is 2. The number of halogens is 2. The lowest BCUT2D eigenvalue weighted by molar-refractivity contribution is -0.0504. The summed E-state index contributed by atoms with van der Waals surface area (Å²) in [5.41, 5.74) is 1.52. The van der Waals surface area contributed by atoms with Crippen molar-refractivity contribution in [1.82, 2.24) is 0 Å². The van der Waals surface area contributed by atoms with E-state index in [-0.39, 0.29) is 5.75 Å². The molecule has 0 saturated carbocycles. The first-order chi connectivity index (χ1) is 10.2. The highest BCUT2D eigenvalue weighted by molar-refractivity contribution is 5.49. The first-order valence-corrected chi connectivity index (χ1v) is 6.68. The maximum atomic E-state index is 12.3. The molecule has 0 heterocycles. The van der Waals surface area contributed by atoms with E-state index >= 15 is 0 Å². The van der Waals surface area contributed by atoms with Gasteiger partial charge in [0, 0.05) is 23.9 Å². The van der Waals surface area contributed by atoms with Crippen molar-refractivity contribution in [3.05, 3.63) is 54.1 Å². The minimum Gasteiger partial charge on any atom is -0.494 e. The van der Waals surface area contributed by atoms with Crippen LogP contribution in [-0.4, -0.2) is 13.2 Å². The van der Waals surface area contributed by atoms with Gasteiger partial charge in [-0.25, -0.2) is 0 Å². The Labute approximate surface area is 122 Å². The van der Waals surface area contributed by atoms with Crippen molar-refractivity contribution >= 4 is 5.69 Å². The van der Waals surface area contributed by atoms with Gasteiger partial charge in [0.2, 0.25) is 0 Å². The fourth-order valence-electron chi connectivity index (χ4n) is 1.92. The molecule has 2 aromatic carbocycles. The zero-order valence-corrected chi connectivity index (χ0v) is 11.7. The van der Waals surface area contributed by atoms with Crippen LogP contribution in [-0.2, 0) is 6.54 Å². The summed E-state index contributed by atoms with van der Waals surface area (Å²) in [5, 5.41) is 3.17. The van der Waals surface area contributed by atoms with Crippen LogP contribution in [0.1, 0.15) is 12.5 Å². The van der Waals surface area contributed by atoms with Gasteiger partial charge in [0.15, 0.2) is 0 Å². The molecule has 0 fully saturated rings. The minimum absolute atomic E-state index is 0.181. The predicted molar refractivity (Wildman–Crippen MR) is 78.0 cm³/mol. The molecule has 21 heavy (non-hydrogen) atoms. The molecule has 0 aromatic heterocycles. The summed E-state index contributed by atoms with van der Waals surface area (Å²) in [7, 11) is 0. The number of para-hydroxylation sites is 1. The van der Waals surface area contributed by atoms with E-state index in [1.54, 1.807) is 18.2 Å². The van der Waals surface area contributed by atoms with Gasteiger partial charge in [0.05, 0.1) is 6.61 Å². The molecule has 1 N–H and O–H groups in total. The summed E-state index contributed by atoms with van der Waals surface area (Å²) in [4.78, 5) is 0. The van der Waals surface area contributed by atoms with Gasteiger partial charge >= 0.3 is 6.61 Å². The summed E-state index contributed by atoms with van der Waals surface area (Å²) in [6, 6.07) is 14.2. The highest BCUT2D eigenvalue weighted by atomic mass is 19.3. The molecule has 5 heteroatoms. The third kappa shape index (κ3) is 4.63. The normalized spacial score (nSPS) is 10.5. The van der Waals surface area contributed by atoms with E-state index in [9.17, 15) is 8.78 Å². The van der Waals surface area contributed by atoms with E-state index in [1.807, 2.05) is 31.2 Å². The molecule has 0 spiro atoms. The average Bonchev–Trinajstić information content (AvgIpc) is 2.47. The van der Waals surface area contributed by atoms with Gasteiger partial charge in [-0.1, -0.05) is 24.3 Å². The van der Waals surface area contributed by atoms with Crippen molar-refractivity contribution in [1.29, 1.82) is 0 Å². The number of anilines is 1. The number of nitrogens with one attached hydrogen (secondary N) is 1. The van der Waals surface area contributed by atoms with E-state index in [2.05, 4.69) is 10.1 Å². The minimum atomic E-state index is -2.83. The number of ether oxygens (including phenoxy) is 2. The molecule has 0 unspecified atom stereocenters. The van der Waals surface area contributed by atoms with E-state index in [1.165, 1.54) is 6.07 Å². The van der Waals surface area contributed by atoms with Crippen LogP contribution in [0.4, 0.5) is 14.5 Å². The van der Waals surface area contributed by atoms with Crippen LogP contribution in [0, 0.1) is 0 Å². The molecule has 0 amide bonds. The van der Waals surface area contributed by atoms with Crippen molar-refractivity contribution in [2.75, 3.05) is 11.9 Å². The molecule has 0 bridgehead atoms. The SMILES string of the molecule is CCOc1cccc(NCc2ccccc2OC(F)F)c1. The van der Waals surface area contributed by atoms with Gasteiger partial charge in [-0.05, 0) is 25.1 Å². The van der Waals surface area contributed by atoms with Gasteiger partial charge in [-0.15, -0.1) is 0 Å². The highest BCUT2D eigenvalue weighted by Crippen LogP contribution is 2.23. The zero-order valence-electron chi connectivity index (χ0n) is 11.7. The van der Waals surface area contributed by atoms with Gasteiger partial charge < -0.3 is 14.8 Å². The Morgan fingerprint density at radius 2 is 1.90 bits per heavy atom. The first kappa shape index (κ1) is 15.1. The van der Waals surface area contributed by atoms with Crippen LogP contribution in [0.2, 0.25) is 0 Å². The Kier molecular flexibility index (Phi) is 5.37. The fraction of sp³-hybridized carbons (Fsp3) is 0.250. The number of rotatable bonds is 7. The second-order valence-electron chi connectivity index (χ2n) is 4.30. The maximum Gasteiger partial charge on any atom is 0.387 e. The van der Waals surface area contributed by atoms with Crippen LogP contribution >= 0.6 is 0 Å². The van der Waals surface area contributed by atoms with Gasteiger partial charge in [-0.2, -0.15) is 8.78 Å². The van der Waals surface area contributed by atoms with E-state index in [4.69, 9.17) is 4.74 Å². The molecular formula is C16H17F2NO2. The topological polar surface area (TPSA) is 30.5 Å². The Balaban J connectivity index is 2.04. The lowest BCUT2D eigenvalue weighted by Gasteiger charge is -2.12. The monoisotopic (exact) mass is 293 g/mol. The van der Waals surface area contributed by atoms with Crippen molar-refractivity contribution in [2.45, 2.75) is 20.1 Å². The van der Waals surface area contributed by atoms with Gasteiger partial charge in [0.1, 0.15) is 11.5 Å². The zero-order chi connectivity index (χ0) is 15.1. The Morgan fingerprint density at radius 3 is 2.67 bits per heavy atom. The fourth-order valence-corrected chi connectivity index (χ4v) is 1.92. The van der Waals surface area contributed by atoms with Crippen LogP contribution in [0.3, 0.4) is 0 Å². The van der Waals surface area contributed by atoms with E-state index in [0.717, 1.165) is 11.4 Å². The second kappa shape index (κ2) is 7.47. The van der Waals surface area contributed by atoms with E-state index < -0.39 is 6.61 Å². The standard InChI is InChI=1S/C16H17F2NO2/c1-2-20-14-8-5-7-13(10-14)19-11-12-6-3-4-9-15(12)21-16(17)18/h3-10,16,19H,2,11H2,1H3. The van der Waals surface area contributed by atoms with Crippen molar-refractivity contribution in [3.63, 3.8) is 0 Å². The number of hydrogen-bond donors (Lipinski definition) is 1. The molecule has 3 nitrogen and oxygen atoms in total. The second-order valence-corrected chi connectivity index (χ2v) is 4.30. The molecule has 112 valence electrons. The first-order valence-electron chi connectivity index (χ1n) is 6.68.